The summed E-state index contributed by atoms with van der Waals surface area (Å²) in [5.41, 5.74) is 2.32. The number of rotatable bonds is 7. The molecule has 1 amide bonds. The highest BCUT2D eigenvalue weighted by atomic mass is 35.5. The molecule has 0 saturated heterocycles. The quantitative estimate of drug-likeness (QED) is 0.549. The first-order chi connectivity index (χ1) is 12.2. The van der Waals surface area contributed by atoms with Crippen molar-refractivity contribution in [1.82, 2.24) is 0 Å². The maximum atomic E-state index is 12.6. The van der Waals surface area contributed by atoms with E-state index in [-0.39, 0.29) is 5.91 Å². The standard InChI is InChI=1S/C21H25Cl2NO2/c1-14-6-7-15(2)19(12-14)26-11-5-10-21(3,4)20(25)24-18-9-8-16(22)13-17(18)23/h6-9,12-13H,5,10-11H2,1-4H3,(H,24,25). The van der Waals surface area contributed by atoms with Crippen molar-refractivity contribution in [2.75, 3.05) is 11.9 Å². The molecule has 0 unspecified atom stereocenters. The monoisotopic (exact) mass is 393 g/mol. The zero-order valence-corrected chi connectivity index (χ0v) is 17.2. The van der Waals surface area contributed by atoms with Gasteiger partial charge in [0.05, 0.1) is 17.3 Å². The molecule has 26 heavy (non-hydrogen) atoms. The molecule has 2 aromatic carbocycles. The van der Waals surface area contributed by atoms with Crippen molar-refractivity contribution < 1.29 is 9.53 Å². The predicted molar refractivity (Wildman–Crippen MR) is 110 cm³/mol. The van der Waals surface area contributed by atoms with Crippen LogP contribution in [0.3, 0.4) is 0 Å². The summed E-state index contributed by atoms with van der Waals surface area (Å²) < 4.78 is 5.88. The SMILES string of the molecule is Cc1ccc(C)c(OCCCC(C)(C)C(=O)Nc2ccc(Cl)cc2Cl)c1. The van der Waals surface area contributed by atoms with Crippen molar-refractivity contribution in [3.63, 3.8) is 0 Å². The van der Waals surface area contributed by atoms with E-state index in [1.165, 1.54) is 5.56 Å². The minimum absolute atomic E-state index is 0.0755. The van der Waals surface area contributed by atoms with Gasteiger partial charge in [-0.1, -0.05) is 49.2 Å². The van der Waals surface area contributed by atoms with Gasteiger partial charge in [-0.25, -0.2) is 0 Å². The number of aryl methyl sites for hydroxylation is 2. The number of halogens is 2. The lowest BCUT2D eigenvalue weighted by molar-refractivity contribution is -0.124. The molecule has 2 aromatic rings. The molecule has 3 nitrogen and oxygen atoms in total. The molecule has 2 rings (SSSR count). The first-order valence-electron chi connectivity index (χ1n) is 8.65. The summed E-state index contributed by atoms with van der Waals surface area (Å²) in [5.74, 6) is 0.827. The molecular weight excluding hydrogens is 369 g/mol. The second-order valence-corrected chi connectivity index (χ2v) is 8.03. The lowest BCUT2D eigenvalue weighted by Gasteiger charge is -2.24. The molecule has 0 heterocycles. The fraction of sp³-hybridized carbons (Fsp3) is 0.381. The minimum Gasteiger partial charge on any atom is -0.493 e. The van der Waals surface area contributed by atoms with Crippen LogP contribution in [0.25, 0.3) is 0 Å². The number of amides is 1. The van der Waals surface area contributed by atoms with Crippen LogP contribution in [0.2, 0.25) is 10.0 Å². The van der Waals surface area contributed by atoms with Crippen molar-refractivity contribution in [1.29, 1.82) is 0 Å². The van der Waals surface area contributed by atoms with E-state index in [1.54, 1.807) is 18.2 Å². The molecule has 1 N–H and O–H groups in total. The fourth-order valence-electron chi connectivity index (χ4n) is 2.55. The van der Waals surface area contributed by atoms with Crippen LogP contribution < -0.4 is 10.1 Å². The zero-order valence-electron chi connectivity index (χ0n) is 15.7. The Morgan fingerprint density at radius 1 is 1.12 bits per heavy atom. The third-order valence-corrected chi connectivity index (χ3v) is 4.89. The molecule has 0 aliphatic carbocycles. The summed E-state index contributed by atoms with van der Waals surface area (Å²) in [6.07, 6.45) is 1.48. The third kappa shape index (κ3) is 5.65. The molecule has 0 radical (unpaired) electrons. The number of ether oxygens (including phenoxy) is 1. The average Bonchev–Trinajstić information content (AvgIpc) is 2.57. The van der Waals surface area contributed by atoms with Crippen LogP contribution in [0.4, 0.5) is 5.69 Å². The van der Waals surface area contributed by atoms with Gasteiger partial charge in [0.2, 0.25) is 5.91 Å². The van der Waals surface area contributed by atoms with Crippen LogP contribution in [0.1, 0.15) is 37.8 Å². The predicted octanol–water partition coefficient (Wildman–Crippen LogP) is 6.43. The Hall–Kier alpha value is -1.71. The Labute approximate surface area is 165 Å². The van der Waals surface area contributed by atoms with Gasteiger partial charge < -0.3 is 10.1 Å². The van der Waals surface area contributed by atoms with Gasteiger partial charge in [0.1, 0.15) is 5.75 Å². The molecule has 0 aliphatic heterocycles. The molecule has 0 bridgehead atoms. The summed E-state index contributed by atoms with van der Waals surface area (Å²) in [6, 6.07) is 11.2. The van der Waals surface area contributed by atoms with E-state index in [0.717, 1.165) is 17.7 Å². The largest absolute Gasteiger partial charge is 0.493 e. The number of hydrogen-bond acceptors (Lipinski definition) is 2. The Bertz CT molecular complexity index is 788. The van der Waals surface area contributed by atoms with E-state index < -0.39 is 5.41 Å². The van der Waals surface area contributed by atoms with Gasteiger partial charge in [-0.15, -0.1) is 0 Å². The van der Waals surface area contributed by atoms with Crippen molar-refractivity contribution >= 4 is 34.8 Å². The van der Waals surface area contributed by atoms with Gasteiger partial charge in [0, 0.05) is 10.4 Å². The molecule has 0 aliphatic rings. The van der Waals surface area contributed by atoms with E-state index in [4.69, 9.17) is 27.9 Å². The second kappa shape index (κ2) is 8.79. The lowest BCUT2D eigenvalue weighted by atomic mass is 9.87. The Morgan fingerprint density at radius 2 is 1.85 bits per heavy atom. The van der Waals surface area contributed by atoms with E-state index in [0.29, 0.717) is 28.8 Å². The number of carbonyl (C=O) groups excluding carboxylic acids is 1. The Balaban J connectivity index is 1.87. The summed E-state index contributed by atoms with van der Waals surface area (Å²) in [7, 11) is 0. The molecule has 0 fully saturated rings. The maximum absolute atomic E-state index is 12.6. The smallest absolute Gasteiger partial charge is 0.230 e. The van der Waals surface area contributed by atoms with Gasteiger partial charge in [0.25, 0.3) is 0 Å². The highest BCUT2D eigenvalue weighted by Crippen LogP contribution is 2.29. The second-order valence-electron chi connectivity index (χ2n) is 7.18. The van der Waals surface area contributed by atoms with Crippen LogP contribution in [0.15, 0.2) is 36.4 Å². The van der Waals surface area contributed by atoms with Crippen LogP contribution in [0, 0.1) is 19.3 Å². The molecule has 0 saturated carbocycles. The van der Waals surface area contributed by atoms with Crippen LogP contribution >= 0.6 is 23.2 Å². The first kappa shape index (κ1) is 20.6. The van der Waals surface area contributed by atoms with E-state index in [1.807, 2.05) is 33.8 Å². The summed E-state index contributed by atoms with van der Waals surface area (Å²) >= 11 is 12.0. The number of carbonyl (C=O) groups is 1. The summed E-state index contributed by atoms with van der Waals surface area (Å²) in [5, 5.41) is 3.85. The number of benzene rings is 2. The van der Waals surface area contributed by atoms with Gasteiger partial charge in [-0.3, -0.25) is 4.79 Å². The topological polar surface area (TPSA) is 38.3 Å². The molecule has 5 heteroatoms. The maximum Gasteiger partial charge on any atom is 0.230 e. The average molecular weight is 394 g/mol. The number of nitrogens with one attached hydrogen (secondary N) is 1. The molecule has 140 valence electrons. The van der Waals surface area contributed by atoms with Crippen molar-refractivity contribution in [3.8, 4) is 5.75 Å². The van der Waals surface area contributed by atoms with Crippen molar-refractivity contribution in [2.24, 2.45) is 5.41 Å². The summed E-state index contributed by atoms with van der Waals surface area (Å²) in [4.78, 5) is 12.6. The first-order valence-corrected chi connectivity index (χ1v) is 9.41. The van der Waals surface area contributed by atoms with Gasteiger partial charge in [0.15, 0.2) is 0 Å². The highest BCUT2D eigenvalue weighted by molar-refractivity contribution is 6.36. The fourth-order valence-corrected chi connectivity index (χ4v) is 3.01. The molecule has 0 aromatic heterocycles. The lowest BCUT2D eigenvalue weighted by Crippen LogP contribution is -2.31. The van der Waals surface area contributed by atoms with Gasteiger partial charge in [-0.05, 0) is 62.1 Å². The van der Waals surface area contributed by atoms with Gasteiger partial charge >= 0.3 is 0 Å². The van der Waals surface area contributed by atoms with E-state index in [2.05, 4.69) is 17.4 Å². The van der Waals surface area contributed by atoms with E-state index in [9.17, 15) is 4.79 Å². The molecular formula is C21H25Cl2NO2. The highest BCUT2D eigenvalue weighted by Gasteiger charge is 2.27. The van der Waals surface area contributed by atoms with Gasteiger partial charge in [-0.2, -0.15) is 0 Å². The molecule has 0 atom stereocenters. The Kier molecular flexibility index (Phi) is 6.96. The Morgan fingerprint density at radius 3 is 2.54 bits per heavy atom. The van der Waals surface area contributed by atoms with Crippen molar-refractivity contribution in [2.45, 2.75) is 40.5 Å². The number of hydrogen-bond donors (Lipinski definition) is 1. The van der Waals surface area contributed by atoms with E-state index >= 15 is 0 Å². The van der Waals surface area contributed by atoms with Crippen LogP contribution in [-0.2, 0) is 4.79 Å². The summed E-state index contributed by atoms with van der Waals surface area (Å²) in [6.45, 7) is 8.49. The normalized spacial score (nSPS) is 11.3. The zero-order chi connectivity index (χ0) is 19.3. The van der Waals surface area contributed by atoms with Crippen LogP contribution in [-0.4, -0.2) is 12.5 Å². The third-order valence-electron chi connectivity index (χ3n) is 4.34. The van der Waals surface area contributed by atoms with Crippen molar-refractivity contribution in [3.05, 3.63) is 57.6 Å². The minimum atomic E-state index is -0.534. The van der Waals surface area contributed by atoms with Crippen LogP contribution in [0.5, 0.6) is 5.75 Å². The molecule has 0 spiro atoms. The number of anilines is 1.